The number of carbonyl (C=O) groups excluding carboxylic acids is 1. The average Bonchev–Trinajstić information content (AvgIpc) is 2.47. The molecule has 0 aromatic heterocycles. The SMILES string of the molecule is CCN(CC)CCS[C@@H](C)C(=O)Nc1ccc(Cl)c(Cl)c1. The van der Waals surface area contributed by atoms with E-state index in [1.54, 1.807) is 30.0 Å². The highest BCUT2D eigenvalue weighted by Crippen LogP contribution is 2.25. The lowest BCUT2D eigenvalue weighted by molar-refractivity contribution is -0.115. The van der Waals surface area contributed by atoms with Crippen LogP contribution >= 0.6 is 35.0 Å². The highest BCUT2D eigenvalue weighted by molar-refractivity contribution is 8.00. The van der Waals surface area contributed by atoms with Gasteiger partial charge in [-0.25, -0.2) is 0 Å². The second-order valence-electron chi connectivity index (χ2n) is 4.66. The fourth-order valence-corrected chi connectivity index (χ4v) is 3.02. The first-order chi connectivity index (χ1) is 9.97. The van der Waals surface area contributed by atoms with Crippen LogP contribution in [-0.2, 0) is 4.79 Å². The number of thioether (sulfide) groups is 1. The number of amides is 1. The summed E-state index contributed by atoms with van der Waals surface area (Å²) in [4.78, 5) is 14.4. The van der Waals surface area contributed by atoms with Crippen LogP contribution in [0.2, 0.25) is 10.0 Å². The largest absolute Gasteiger partial charge is 0.325 e. The van der Waals surface area contributed by atoms with Crippen LogP contribution in [0.3, 0.4) is 0 Å². The van der Waals surface area contributed by atoms with Gasteiger partial charge in [-0.2, -0.15) is 0 Å². The highest BCUT2D eigenvalue weighted by atomic mass is 35.5. The third-order valence-electron chi connectivity index (χ3n) is 3.23. The third-order valence-corrected chi connectivity index (χ3v) is 5.10. The molecule has 1 amide bonds. The van der Waals surface area contributed by atoms with Crippen LogP contribution in [0.25, 0.3) is 0 Å². The van der Waals surface area contributed by atoms with Gasteiger partial charge in [-0.15, -0.1) is 11.8 Å². The minimum atomic E-state index is -0.102. The van der Waals surface area contributed by atoms with E-state index in [4.69, 9.17) is 23.2 Å². The van der Waals surface area contributed by atoms with E-state index >= 15 is 0 Å². The predicted molar refractivity (Wildman–Crippen MR) is 94.8 cm³/mol. The molecule has 0 radical (unpaired) electrons. The van der Waals surface area contributed by atoms with Crippen LogP contribution in [0.15, 0.2) is 18.2 Å². The number of nitrogens with zero attached hydrogens (tertiary/aromatic N) is 1. The second kappa shape index (κ2) is 9.57. The van der Waals surface area contributed by atoms with Crippen LogP contribution in [0, 0.1) is 0 Å². The zero-order valence-electron chi connectivity index (χ0n) is 12.7. The van der Waals surface area contributed by atoms with E-state index in [2.05, 4.69) is 24.1 Å². The lowest BCUT2D eigenvalue weighted by atomic mass is 10.3. The van der Waals surface area contributed by atoms with Crippen molar-refractivity contribution in [2.75, 3.05) is 30.7 Å². The Morgan fingerprint density at radius 3 is 2.52 bits per heavy atom. The predicted octanol–water partition coefficient (Wildman–Crippen LogP) is 4.40. The van der Waals surface area contributed by atoms with Crippen LogP contribution < -0.4 is 5.32 Å². The zero-order valence-corrected chi connectivity index (χ0v) is 15.0. The Kier molecular flexibility index (Phi) is 8.49. The van der Waals surface area contributed by atoms with Gasteiger partial charge in [0, 0.05) is 18.0 Å². The first-order valence-corrected chi connectivity index (χ1v) is 8.88. The van der Waals surface area contributed by atoms with Crippen molar-refractivity contribution in [1.82, 2.24) is 4.90 Å². The summed E-state index contributed by atoms with van der Waals surface area (Å²) >= 11 is 13.4. The molecule has 1 N–H and O–H groups in total. The Labute approximate surface area is 141 Å². The normalized spacial score (nSPS) is 12.5. The molecular formula is C15H22Cl2N2OS. The Bertz CT molecular complexity index is 467. The summed E-state index contributed by atoms with van der Waals surface area (Å²) in [5.41, 5.74) is 0.672. The molecule has 118 valence electrons. The van der Waals surface area contributed by atoms with Crippen molar-refractivity contribution in [1.29, 1.82) is 0 Å². The Morgan fingerprint density at radius 2 is 1.95 bits per heavy atom. The molecule has 0 fully saturated rings. The van der Waals surface area contributed by atoms with Crippen molar-refractivity contribution in [3.05, 3.63) is 28.2 Å². The summed E-state index contributed by atoms with van der Waals surface area (Å²) in [6.07, 6.45) is 0. The van der Waals surface area contributed by atoms with Crippen LogP contribution in [-0.4, -0.2) is 41.4 Å². The fraction of sp³-hybridized carbons (Fsp3) is 0.533. The topological polar surface area (TPSA) is 32.3 Å². The first kappa shape index (κ1) is 18.6. The van der Waals surface area contributed by atoms with Crippen molar-refractivity contribution in [3.8, 4) is 0 Å². The van der Waals surface area contributed by atoms with Crippen molar-refractivity contribution in [2.24, 2.45) is 0 Å². The van der Waals surface area contributed by atoms with Gasteiger partial charge in [0.1, 0.15) is 0 Å². The number of benzene rings is 1. The smallest absolute Gasteiger partial charge is 0.237 e. The van der Waals surface area contributed by atoms with E-state index in [1.807, 2.05) is 6.92 Å². The van der Waals surface area contributed by atoms with Gasteiger partial charge < -0.3 is 10.2 Å². The van der Waals surface area contributed by atoms with E-state index in [0.717, 1.165) is 25.4 Å². The van der Waals surface area contributed by atoms with E-state index in [0.29, 0.717) is 15.7 Å². The molecule has 0 heterocycles. The second-order valence-corrected chi connectivity index (χ2v) is 6.92. The quantitative estimate of drug-likeness (QED) is 0.755. The van der Waals surface area contributed by atoms with E-state index in [1.165, 1.54) is 0 Å². The highest BCUT2D eigenvalue weighted by Gasteiger charge is 2.14. The van der Waals surface area contributed by atoms with Crippen molar-refractivity contribution >= 4 is 46.6 Å². The van der Waals surface area contributed by atoms with Crippen molar-refractivity contribution in [3.63, 3.8) is 0 Å². The number of anilines is 1. The van der Waals surface area contributed by atoms with Gasteiger partial charge in [0.2, 0.25) is 5.91 Å². The summed E-state index contributed by atoms with van der Waals surface area (Å²) in [6, 6.07) is 5.09. The zero-order chi connectivity index (χ0) is 15.8. The minimum absolute atomic E-state index is 0.0158. The van der Waals surface area contributed by atoms with Gasteiger partial charge in [-0.3, -0.25) is 4.79 Å². The summed E-state index contributed by atoms with van der Waals surface area (Å²) in [7, 11) is 0. The molecule has 0 aliphatic carbocycles. The molecule has 1 rings (SSSR count). The maximum atomic E-state index is 12.1. The Morgan fingerprint density at radius 1 is 1.29 bits per heavy atom. The molecule has 0 saturated heterocycles. The molecule has 0 spiro atoms. The van der Waals surface area contributed by atoms with Crippen LogP contribution in [0.4, 0.5) is 5.69 Å². The number of halogens is 2. The lowest BCUT2D eigenvalue weighted by Gasteiger charge is -2.19. The Hall–Kier alpha value is -0.420. The third kappa shape index (κ3) is 6.47. The summed E-state index contributed by atoms with van der Waals surface area (Å²) in [5.74, 6) is 0.926. The van der Waals surface area contributed by atoms with E-state index in [9.17, 15) is 4.79 Å². The number of hydrogen-bond donors (Lipinski definition) is 1. The molecule has 1 aromatic rings. The van der Waals surface area contributed by atoms with Gasteiger partial charge in [-0.05, 0) is 38.2 Å². The van der Waals surface area contributed by atoms with E-state index < -0.39 is 0 Å². The summed E-state index contributed by atoms with van der Waals surface area (Å²) in [6.45, 7) is 9.30. The van der Waals surface area contributed by atoms with Crippen LogP contribution in [0.5, 0.6) is 0 Å². The molecule has 1 atom stereocenters. The molecule has 1 aromatic carbocycles. The number of carbonyl (C=O) groups is 1. The Balaban J connectivity index is 2.42. The van der Waals surface area contributed by atoms with Gasteiger partial charge in [0.25, 0.3) is 0 Å². The fourth-order valence-electron chi connectivity index (χ4n) is 1.79. The summed E-state index contributed by atoms with van der Waals surface area (Å²) < 4.78 is 0. The van der Waals surface area contributed by atoms with E-state index in [-0.39, 0.29) is 11.2 Å². The molecular weight excluding hydrogens is 327 g/mol. The monoisotopic (exact) mass is 348 g/mol. The molecule has 21 heavy (non-hydrogen) atoms. The molecule has 0 unspecified atom stereocenters. The standard InChI is InChI=1S/C15H22Cl2N2OS/c1-4-19(5-2)8-9-21-11(3)15(20)18-12-6-7-13(16)14(17)10-12/h6-7,10-11H,4-5,8-9H2,1-3H3,(H,18,20)/t11-/m0/s1. The molecule has 6 heteroatoms. The van der Waals surface area contributed by atoms with Gasteiger partial charge in [0.05, 0.1) is 15.3 Å². The maximum Gasteiger partial charge on any atom is 0.237 e. The van der Waals surface area contributed by atoms with Crippen molar-refractivity contribution < 1.29 is 4.79 Å². The number of rotatable bonds is 8. The molecule has 0 aliphatic heterocycles. The van der Waals surface area contributed by atoms with Gasteiger partial charge in [0.15, 0.2) is 0 Å². The molecule has 3 nitrogen and oxygen atoms in total. The molecule has 0 bridgehead atoms. The average molecular weight is 349 g/mol. The summed E-state index contributed by atoms with van der Waals surface area (Å²) in [5, 5.41) is 3.68. The first-order valence-electron chi connectivity index (χ1n) is 7.07. The van der Waals surface area contributed by atoms with Crippen molar-refractivity contribution in [2.45, 2.75) is 26.0 Å². The minimum Gasteiger partial charge on any atom is -0.325 e. The maximum absolute atomic E-state index is 12.1. The lowest BCUT2D eigenvalue weighted by Crippen LogP contribution is -2.28. The van der Waals surface area contributed by atoms with Gasteiger partial charge in [-0.1, -0.05) is 37.0 Å². The van der Waals surface area contributed by atoms with Crippen LogP contribution in [0.1, 0.15) is 20.8 Å². The number of hydrogen-bond acceptors (Lipinski definition) is 3. The van der Waals surface area contributed by atoms with Gasteiger partial charge >= 0.3 is 0 Å². The number of nitrogens with one attached hydrogen (secondary N) is 1. The molecule has 0 saturated carbocycles. The molecule has 0 aliphatic rings.